The van der Waals surface area contributed by atoms with Crippen LogP contribution in [0.3, 0.4) is 0 Å². The maximum absolute atomic E-state index is 12.3. The highest BCUT2D eigenvalue weighted by Crippen LogP contribution is 2.34. The van der Waals surface area contributed by atoms with Crippen molar-refractivity contribution >= 4 is 23.2 Å². The molecular formula is C9H7ClF3NO2. The molecule has 0 aromatic heterocycles. The van der Waals surface area contributed by atoms with Gasteiger partial charge in [-0.15, -0.1) is 11.6 Å². The van der Waals surface area contributed by atoms with Crippen LogP contribution in [-0.4, -0.2) is 16.9 Å². The number of rotatable bonds is 2. The number of amides is 1. The maximum Gasteiger partial charge on any atom is 0.416 e. The Hall–Kier alpha value is -1.43. The Morgan fingerprint density at radius 2 is 2.06 bits per heavy atom. The Balaban J connectivity index is 3.04. The lowest BCUT2D eigenvalue weighted by atomic mass is 10.2. The Labute approximate surface area is 93.8 Å². The molecule has 0 heterocycles. The van der Waals surface area contributed by atoms with Gasteiger partial charge in [0.2, 0.25) is 5.91 Å². The fourth-order valence-corrected chi connectivity index (χ4v) is 1.06. The zero-order valence-electron chi connectivity index (χ0n) is 7.81. The van der Waals surface area contributed by atoms with Crippen molar-refractivity contribution in [3.8, 4) is 5.75 Å². The van der Waals surface area contributed by atoms with E-state index in [1.54, 1.807) is 0 Å². The van der Waals surface area contributed by atoms with E-state index >= 15 is 0 Å². The van der Waals surface area contributed by atoms with Crippen LogP contribution < -0.4 is 5.32 Å². The molecule has 7 heteroatoms. The van der Waals surface area contributed by atoms with E-state index in [1.807, 2.05) is 0 Å². The van der Waals surface area contributed by atoms with E-state index < -0.39 is 29.3 Å². The Bertz CT molecular complexity index is 406. The lowest BCUT2D eigenvalue weighted by Crippen LogP contribution is -2.14. The summed E-state index contributed by atoms with van der Waals surface area (Å²) in [5, 5.41) is 11.3. The van der Waals surface area contributed by atoms with Crippen molar-refractivity contribution in [1.29, 1.82) is 0 Å². The van der Waals surface area contributed by atoms with Gasteiger partial charge in [-0.1, -0.05) is 0 Å². The molecule has 0 aliphatic carbocycles. The zero-order valence-corrected chi connectivity index (χ0v) is 8.56. The van der Waals surface area contributed by atoms with Gasteiger partial charge in [-0.2, -0.15) is 13.2 Å². The molecule has 1 amide bonds. The van der Waals surface area contributed by atoms with Crippen molar-refractivity contribution in [3.05, 3.63) is 23.8 Å². The van der Waals surface area contributed by atoms with Crippen molar-refractivity contribution in [2.45, 2.75) is 6.18 Å². The molecule has 0 atom stereocenters. The number of alkyl halides is 4. The van der Waals surface area contributed by atoms with Gasteiger partial charge in [-0.25, -0.2) is 0 Å². The van der Waals surface area contributed by atoms with Gasteiger partial charge >= 0.3 is 6.18 Å². The average molecular weight is 254 g/mol. The fourth-order valence-electron chi connectivity index (χ4n) is 0.996. The van der Waals surface area contributed by atoms with Gasteiger partial charge in [0.05, 0.1) is 11.3 Å². The van der Waals surface area contributed by atoms with Crippen molar-refractivity contribution in [2.75, 3.05) is 11.2 Å². The third-order valence-electron chi connectivity index (χ3n) is 1.72. The van der Waals surface area contributed by atoms with Crippen LogP contribution in [0.2, 0.25) is 0 Å². The number of carbonyl (C=O) groups excluding carboxylic acids is 1. The van der Waals surface area contributed by atoms with E-state index in [0.29, 0.717) is 12.1 Å². The van der Waals surface area contributed by atoms with Gasteiger partial charge in [-0.05, 0) is 18.2 Å². The van der Waals surface area contributed by atoms with E-state index in [4.69, 9.17) is 11.6 Å². The molecule has 0 radical (unpaired) electrons. The Morgan fingerprint density at radius 1 is 1.44 bits per heavy atom. The first-order valence-electron chi connectivity index (χ1n) is 4.10. The van der Waals surface area contributed by atoms with Crippen molar-refractivity contribution in [1.82, 2.24) is 0 Å². The summed E-state index contributed by atoms with van der Waals surface area (Å²) >= 11 is 5.17. The van der Waals surface area contributed by atoms with Crippen LogP contribution in [0.4, 0.5) is 18.9 Å². The molecular weight excluding hydrogens is 247 g/mol. The lowest BCUT2D eigenvalue weighted by molar-refractivity contribution is -0.137. The van der Waals surface area contributed by atoms with E-state index in [-0.39, 0.29) is 5.69 Å². The monoisotopic (exact) mass is 253 g/mol. The van der Waals surface area contributed by atoms with Gasteiger partial charge in [0.1, 0.15) is 11.6 Å². The summed E-state index contributed by atoms with van der Waals surface area (Å²) in [5.74, 6) is -1.56. The molecule has 0 aliphatic rings. The second kappa shape index (κ2) is 4.61. The van der Waals surface area contributed by atoms with Crippen LogP contribution in [0.1, 0.15) is 5.56 Å². The number of hydrogen-bond acceptors (Lipinski definition) is 2. The third-order valence-corrected chi connectivity index (χ3v) is 1.96. The molecule has 0 saturated heterocycles. The Morgan fingerprint density at radius 3 is 2.56 bits per heavy atom. The number of phenolic OH excluding ortho intramolecular Hbond substituents is 1. The number of anilines is 1. The van der Waals surface area contributed by atoms with Gasteiger partial charge in [0.25, 0.3) is 0 Å². The van der Waals surface area contributed by atoms with Crippen molar-refractivity contribution in [2.24, 2.45) is 0 Å². The quantitative estimate of drug-likeness (QED) is 0.629. The number of carbonyl (C=O) groups is 1. The van der Waals surface area contributed by atoms with Crippen LogP contribution in [0.5, 0.6) is 5.75 Å². The van der Waals surface area contributed by atoms with Gasteiger partial charge < -0.3 is 10.4 Å². The van der Waals surface area contributed by atoms with Gasteiger partial charge in [0, 0.05) is 0 Å². The molecule has 0 spiro atoms. The van der Waals surface area contributed by atoms with E-state index in [1.165, 1.54) is 0 Å². The molecule has 0 aliphatic heterocycles. The van der Waals surface area contributed by atoms with Crippen LogP contribution in [0.15, 0.2) is 18.2 Å². The predicted molar refractivity (Wildman–Crippen MR) is 52.5 cm³/mol. The molecule has 0 unspecified atom stereocenters. The number of phenols is 1. The van der Waals surface area contributed by atoms with Crippen molar-refractivity contribution in [3.63, 3.8) is 0 Å². The van der Waals surface area contributed by atoms with Crippen LogP contribution >= 0.6 is 11.6 Å². The predicted octanol–water partition coefficient (Wildman–Crippen LogP) is 2.59. The summed E-state index contributed by atoms with van der Waals surface area (Å²) in [6, 6.07) is 2.21. The number of nitrogens with one attached hydrogen (secondary N) is 1. The highest BCUT2D eigenvalue weighted by atomic mass is 35.5. The normalized spacial score (nSPS) is 11.2. The standard InChI is InChI=1S/C9H7ClF3NO2/c10-4-8(16)14-6-3-5(9(11,12)13)1-2-7(6)15/h1-3,15H,4H2,(H,14,16). The summed E-state index contributed by atoms with van der Waals surface area (Å²) < 4.78 is 36.9. The molecule has 0 fully saturated rings. The minimum Gasteiger partial charge on any atom is -0.506 e. The highest BCUT2D eigenvalue weighted by Gasteiger charge is 2.31. The fraction of sp³-hybridized carbons (Fsp3) is 0.222. The first-order chi connectivity index (χ1) is 7.34. The van der Waals surface area contributed by atoms with Crippen LogP contribution in [0.25, 0.3) is 0 Å². The minimum atomic E-state index is -4.53. The number of halogens is 4. The summed E-state index contributed by atoms with van der Waals surface area (Å²) in [6.45, 7) is 0. The summed E-state index contributed by atoms with van der Waals surface area (Å²) in [7, 11) is 0. The molecule has 2 N–H and O–H groups in total. The number of hydrogen-bond donors (Lipinski definition) is 2. The summed E-state index contributed by atoms with van der Waals surface area (Å²) in [4.78, 5) is 10.9. The molecule has 1 aromatic carbocycles. The molecule has 88 valence electrons. The molecule has 1 rings (SSSR count). The van der Waals surface area contributed by atoms with Gasteiger partial charge in [-0.3, -0.25) is 4.79 Å². The van der Waals surface area contributed by atoms with Crippen LogP contribution in [-0.2, 0) is 11.0 Å². The largest absolute Gasteiger partial charge is 0.506 e. The molecule has 3 nitrogen and oxygen atoms in total. The van der Waals surface area contributed by atoms with E-state index in [0.717, 1.165) is 6.07 Å². The van der Waals surface area contributed by atoms with E-state index in [2.05, 4.69) is 5.32 Å². The molecule has 0 saturated carbocycles. The number of aromatic hydroxyl groups is 1. The second-order valence-electron chi connectivity index (χ2n) is 2.91. The first-order valence-corrected chi connectivity index (χ1v) is 4.64. The summed E-state index contributed by atoms with van der Waals surface area (Å²) in [5.41, 5.74) is -1.28. The minimum absolute atomic E-state index is 0.319. The average Bonchev–Trinajstić information content (AvgIpc) is 2.19. The van der Waals surface area contributed by atoms with Crippen LogP contribution in [0, 0.1) is 0 Å². The lowest BCUT2D eigenvalue weighted by Gasteiger charge is -2.10. The second-order valence-corrected chi connectivity index (χ2v) is 3.18. The SMILES string of the molecule is O=C(CCl)Nc1cc(C(F)(F)F)ccc1O. The zero-order chi connectivity index (χ0) is 12.3. The molecule has 16 heavy (non-hydrogen) atoms. The van der Waals surface area contributed by atoms with Crippen molar-refractivity contribution < 1.29 is 23.1 Å². The highest BCUT2D eigenvalue weighted by molar-refractivity contribution is 6.29. The smallest absolute Gasteiger partial charge is 0.416 e. The third kappa shape index (κ3) is 3.03. The Kier molecular flexibility index (Phi) is 3.64. The van der Waals surface area contributed by atoms with Gasteiger partial charge in [0.15, 0.2) is 0 Å². The molecule has 0 bridgehead atoms. The first kappa shape index (κ1) is 12.6. The van der Waals surface area contributed by atoms with E-state index in [9.17, 15) is 23.1 Å². The summed E-state index contributed by atoms with van der Waals surface area (Å²) in [6.07, 6.45) is -4.53. The number of benzene rings is 1. The topological polar surface area (TPSA) is 49.3 Å². The molecule has 1 aromatic rings. The maximum atomic E-state index is 12.3.